The fraction of sp³-hybridized carbons (Fsp3) is 0.583. The predicted octanol–water partition coefficient (Wildman–Crippen LogP) is 4.84. The summed E-state index contributed by atoms with van der Waals surface area (Å²) in [4.78, 5) is 13.2. The van der Waals surface area contributed by atoms with Crippen LogP contribution in [-0.4, -0.2) is 28.1 Å². The number of aromatic nitrogens is 2. The molecule has 4 aliphatic carbocycles. The molecular formula is C24H28F3N3O3. The molecule has 4 fully saturated rings. The molecule has 1 aromatic carbocycles. The fourth-order valence-corrected chi connectivity index (χ4v) is 6.20. The third-order valence-corrected chi connectivity index (χ3v) is 7.50. The Morgan fingerprint density at radius 3 is 2.58 bits per heavy atom. The Balaban J connectivity index is 1.24. The average Bonchev–Trinajstić information content (AvgIpc) is 3.00. The molecule has 6 rings (SSSR count). The van der Waals surface area contributed by atoms with Crippen molar-refractivity contribution >= 4 is 5.91 Å². The number of nitrogens with one attached hydrogen (secondary N) is 1. The zero-order valence-corrected chi connectivity index (χ0v) is 18.5. The maximum Gasteiger partial charge on any atom is 0.573 e. The minimum Gasteiger partial charge on any atom is -0.472 e. The number of benzene rings is 1. The summed E-state index contributed by atoms with van der Waals surface area (Å²) < 4.78 is 48.3. The average molecular weight is 464 g/mol. The zero-order chi connectivity index (χ0) is 23.2. The monoisotopic (exact) mass is 463 g/mol. The first-order chi connectivity index (χ1) is 15.7. The molecule has 178 valence electrons. The third-order valence-electron chi connectivity index (χ3n) is 7.50. The highest BCUT2D eigenvalue weighted by atomic mass is 19.4. The number of ether oxygens (including phenoxy) is 2. The van der Waals surface area contributed by atoms with Crippen molar-refractivity contribution in [2.45, 2.75) is 57.5 Å². The van der Waals surface area contributed by atoms with E-state index in [1.807, 2.05) is 0 Å². The van der Waals surface area contributed by atoms with Gasteiger partial charge >= 0.3 is 6.36 Å². The number of nitrogens with zero attached hydrogens (tertiary/aromatic N) is 2. The van der Waals surface area contributed by atoms with Gasteiger partial charge in [-0.3, -0.25) is 4.79 Å². The van der Waals surface area contributed by atoms with Crippen molar-refractivity contribution in [2.75, 3.05) is 0 Å². The zero-order valence-electron chi connectivity index (χ0n) is 18.5. The maximum atomic E-state index is 13.2. The van der Waals surface area contributed by atoms with Crippen LogP contribution in [0.1, 0.15) is 54.4 Å². The van der Waals surface area contributed by atoms with Crippen LogP contribution in [0.25, 0.3) is 0 Å². The van der Waals surface area contributed by atoms with Crippen molar-refractivity contribution in [3.05, 3.63) is 41.6 Å². The summed E-state index contributed by atoms with van der Waals surface area (Å²) in [6.07, 6.45) is 4.23. The molecule has 1 aromatic heterocycles. The van der Waals surface area contributed by atoms with Crippen molar-refractivity contribution in [3.8, 4) is 11.6 Å². The molecule has 1 amide bonds. The van der Waals surface area contributed by atoms with Crippen LogP contribution in [0, 0.1) is 23.7 Å². The standard InChI is InChI=1S/C24H28F3N3O3/c1-30-23(32-13-14-3-6-19(7-4-14)33-24(25,26)27)20(12-28-30)22(31)29-21-17-5-2-15-8-16(10-17)11-18(21)9-15/h3-4,6-7,12,15-18,21H,2,5,8-11,13H2,1H3,(H,29,31). The number of hydrogen-bond donors (Lipinski definition) is 1. The number of aryl methyl sites for hydroxylation is 1. The highest BCUT2D eigenvalue weighted by Gasteiger charge is 2.46. The van der Waals surface area contributed by atoms with Crippen LogP contribution in [0.2, 0.25) is 0 Å². The Kier molecular flexibility index (Phi) is 5.74. The number of hydrogen-bond acceptors (Lipinski definition) is 4. The van der Waals surface area contributed by atoms with Crippen LogP contribution in [0.15, 0.2) is 30.5 Å². The summed E-state index contributed by atoms with van der Waals surface area (Å²) in [7, 11) is 1.69. The fourth-order valence-electron chi connectivity index (χ4n) is 6.20. The summed E-state index contributed by atoms with van der Waals surface area (Å²) in [5.74, 6) is 2.60. The van der Waals surface area contributed by atoms with Gasteiger partial charge in [-0.15, -0.1) is 13.2 Å². The summed E-state index contributed by atoms with van der Waals surface area (Å²) in [5, 5.41) is 7.50. The lowest BCUT2D eigenvalue weighted by Gasteiger charge is -2.44. The molecule has 2 aromatic rings. The number of amides is 1. The maximum absolute atomic E-state index is 13.2. The van der Waals surface area contributed by atoms with E-state index in [4.69, 9.17) is 4.74 Å². The van der Waals surface area contributed by atoms with Crippen LogP contribution in [0.3, 0.4) is 0 Å². The van der Waals surface area contributed by atoms with Gasteiger partial charge in [0.15, 0.2) is 0 Å². The molecule has 4 bridgehead atoms. The van der Waals surface area contributed by atoms with E-state index in [9.17, 15) is 18.0 Å². The molecule has 1 heterocycles. The number of rotatable bonds is 6. The molecule has 4 aliphatic rings. The molecule has 0 saturated heterocycles. The van der Waals surface area contributed by atoms with Crippen molar-refractivity contribution in [1.29, 1.82) is 0 Å². The lowest BCUT2D eigenvalue weighted by Crippen LogP contribution is -2.49. The summed E-state index contributed by atoms with van der Waals surface area (Å²) in [5.41, 5.74) is 1.02. The highest BCUT2D eigenvalue weighted by Crippen LogP contribution is 2.51. The Bertz CT molecular complexity index is 997. The van der Waals surface area contributed by atoms with Crippen LogP contribution < -0.4 is 14.8 Å². The first-order valence-electron chi connectivity index (χ1n) is 11.6. The minimum atomic E-state index is -4.73. The van der Waals surface area contributed by atoms with E-state index in [1.54, 1.807) is 7.05 Å². The molecule has 5 unspecified atom stereocenters. The van der Waals surface area contributed by atoms with E-state index < -0.39 is 6.36 Å². The van der Waals surface area contributed by atoms with E-state index >= 15 is 0 Å². The molecular weight excluding hydrogens is 435 g/mol. The number of alkyl halides is 3. The Morgan fingerprint density at radius 1 is 1.09 bits per heavy atom. The van der Waals surface area contributed by atoms with Gasteiger partial charge in [0.2, 0.25) is 5.88 Å². The first kappa shape index (κ1) is 22.1. The number of carbonyl (C=O) groups excluding carboxylic acids is 1. The molecule has 0 radical (unpaired) electrons. The smallest absolute Gasteiger partial charge is 0.472 e. The summed E-state index contributed by atoms with van der Waals surface area (Å²) in [6.45, 7) is 0.0875. The van der Waals surface area contributed by atoms with Crippen molar-refractivity contribution < 1.29 is 27.4 Å². The van der Waals surface area contributed by atoms with Gasteiger partial charge in [-0.2, -0.15) is 5.10 Å². The van der Waals surface area contributed by atoms with Crippen LogP contribution in [0.5, 0.6) is 11.6 Å². The summed E-state index contributed by atoms with van der Waals surface area (Å²) >= 11 is 0. The molecule has 1 N–H and O–H groups in total. The van der Waals surface area contributed by atoms with Gasteiger partial charge in [-0.1, -0.05) is 18.6 Å². The van der Waals surface area contributed by atoms with Crippen molar-refractivity contribution in [1.82, 2.24) is 15.1 Å². The molecule has 0 aliphatic heterocycles. The number of carbonyl (C=O) groups is 1. The number of fused-ring (bicyclic) bond motifs is 1. The second kappa shape index (κ2) is 8.57. The molecule has 9 heteroatoms. The molecule has 33 heavy (non-hydrogen) atoms. The quantitative estimate of drug-likeness (QED) is 0.666. The van der Waals surface area contributed by atoms with Crippen molar-refractivity contribution in [3.63, 3.8) is 0 Å². The first-order valence-corrected chi connectivity index (χ1v) is 11.6. The van der Waals surface area contributed by atoms with Crippen LogP contribution >= 0.6 is 0 Å². The summed E-state index contributed by atoms with van der Waals surface area (Å²) in [6, 6.07) is 5.66. The van der Waals surface area contributed by atoms with E-state index in [1.165, 1.54) is 73.7 Å². The van der Waals surface area contributed by atoms with Gasteiger partial charge < -0.3 is 14.8 Å². The van der Waals surface area contributed by atoms with Crippen LogP contribution in [-0.2, 0) is 13.7 Å². The van der Waals surface area contributed by atoms with Gasteiger partial charge in [0, 0.05) is 13.1 Å². The lowest BCUT2D eigenvalue weighted by atomic mass is 9.65. The Hall–Kier alpha value is -2.71. The molecule has 5 atom stereocenters. The van der Waals surface area contributed by atoms with E-state index in [0.717, 1.165) is 11.8 Å². The highest BCUT2D eigenvalue weighted by molar-refractivity contribution is 5.96. The van der Waals surface area contributed by atoms with Gasteiger partial charge in [0.25, 0.3) is 5.91 Å². The van der Waals surface area contributed by atoms with Gasteiger partial charge in [0.1, 0.15) is 17.9 Å². The predicted molar refractivity (Wildman–Crippen MR) is 114 cm³/mol. The number of halogens is 3. The van der Waals surface area contributed by atoms with E-state index in [0.29, 0.717) is 28.8 Å². The molecule has 0 spiro atoms. The van der Waals surface area contributed by atoms with Crippen LogP contribution in [0.4, 0.5) is 13.2 Å². The second-order valence-electron chi connectivity index (χ2n) is 9.74. The third kappa shape index (κ3) is 4.82. The SMILES string of the molecule is Cn1ncc(C(=O)NC2C3CCC4CC(C3)CC2C4)c1OCc1ccc(OC(F)(F)F)cc1. The molecule has 4 saturated carbocycles. The van der Waals surface area contributed by atoms with E-state index in [-0.39, 0.29) is 24.3 Å². The second-order valence-corrected chi connectivity index (χ2v) is 9.74. The Morgan fingerprint density at radius 2 is 1.82 bits per heavy atom. The van der Waals surface area contributed by atoms with Gasteiger partial charge in [0.05, 0.1) is 6.20 Å². The topological polar surface area (TPSA) is 65.4 Å². The normalized spacial score (nSPS) is 28.4. The van der Waals surface area contributed by atoms with Gasteiger partial charge in [-0.05, 0) is 73.5 Å². The largest absolute Gasteiger partial charge is 0.573 e. The van der Waals surface area contributed by atoms with E-state index in [2.05, 4.69) is 15.2 Å². The minimum absolute atomic E-state index is 0.0875. The van der Waals surface area contributed by atoms with Gasteiger partial charge in [-0.25, -0.2) is 4.68 Å². The van der Waals surface area contributed by atoms with Crippen molar-refractivity contribution in [2.24, 2.45) is 30.7 Å². The lowest BCUT2D eigenvalue weighted by molar-refractivity contribution is -0.274. The molecule has 6 nitrogen and oxygen atoms in total. The Labute approximate surface area is 190 Å².